The molecule has 0 amide bonds. The van der Waals surface area contributed by atoms with Gasteiger partial charge in [0, 0.05) is 0 Å². The molecule has 1 N–H and O–H groups in total. The maximum atomic E-state index is 12.2. The Balaban J connectivity index is 2.09. The lowest BCUT2D eigenvalue weighted by Gasteiger charge is -2.05. The van der Waals surface area contributed by atoms with Gasteiger partial charge in [0.25, 0.3) is 0 Å². The molecule has 2 aromatic carbocycles. The molecule has 20 heavy (non-hydrogen) atoms. The summed E-state index contributed by atoms with van der Waals surface area (Å²) in [7, 11) is -1.21. The molecule has 3 nitrogen and oxygen atoms in total. The second kappa shape index (κ2) is 6.68. The first-order chi connectivity index (χ1) is 9.56. The zero-order valence-electron chi connectivity index (χ0n) is 10.6. The number of halogens is 1. The van der Waals surface area contributed by atoms with Crippen molar-refractivity contribution >= 4 is 28.4 Å². The predicted octanol–water partition coefficient (Wildman–Crippen LogP) is 3.27. The van der Waals surface area contributed by atoms with E-state index in [1.165, 1.54) is 0 Å². The highest BCUT2D eigenvalue weighted by atomic mass is 35.5. The molecule has 1 atom stereocenters. The molecule has 5 heteroatoms. The Bertz CT molecular complexity index is 638. The molecule has 0 aliphatic rings. The second-order valence-electron chi connectivity index (χ2n) is 4.31. The zero-order chi connectivity index (χ0) is 14.5. The zero-order valence-corrected chi connectivity index (χ0v) is 12.2. The van der Waals surface area contributed by atoms with Gasteiger partial charge in [0.1, 0.15) is 0 Å². The van der Waals surface area contributed by atoms with E-state index >= 15 is 0 Å². The molecule has 1 unspecified atom stereocenters. The van der Waals surface area contributed by atoms with Gasteiger partial charge in [-0.2, -0.15) is 0 Å². The van der Waals surface area contributed by atoms with Gasteiger partial charge < -0.3 is 5.11 Å². The summed E-state index contributed by atoms with van der Waals surface area (Å²) in [6, 6.07) is 14.1. The summed E-state index contributed by atoms with van der Waals surface area (Å²) in [6.45, 7) is 0. The van der Waals surface area contributed by atoms with Crippen LogP contribution in [0.1, 0.15) is 11.1 Å². The largest absolute Gasteiger partial charge is 0.481 e. The summed E-state index contributed by atoms with van der Waals surface area (Å²) in [6.07, 6.45) is -0.00607. The minimum atomic E-state index is -1.21. The first kappa shape index (κ1) is 14.8. The Morgan fingerprint density at radius 2 is 1.65 bits per heavy atom. The van der Waals surface area contributed by atoms with E-state index in [0.29, 0.717) is 15.7 Å². The van der Waals surface area contributed by atoms with E-state index in [-0.39, 0.29) is 6.42 Å². The van der Waals surface area contributed by atoms with Crippen LogP contribution in [0, 0.1) is 0 Å². The van der Waals surface area contributed by atoms with Crippen molar-refractivity contribution in [2.24, 2.45) is 0 Å². The highest BCUT2D eigenvalue weighted by molar-refractivity contribution is 7.84. The number of aliphatic carboxylic acids is 1. The number of carboxylic acid groups (broad SMARTS) is 1. The summed E-state index contributed by atoms with van der Waals surface area (Å²) in [4.78, 5) is 11.2. The topological polar surface area (TPSA) is 54.4 Å². The Kier molecular flexibility index (Phi) is 4.93. The van der Waals surface area contributed by atoms with Crippen LogP contribution in [0.4, 0.5) is 0 Å². The Morgan fingerprint density at radius 3 is 2.25 bits per heavy atom. The average Bonchev–Trinajstić information content (AvgIpc) is 2.41. The van der Waals surface area contributed by atoms with E-state index in [1.807, 2.05) is 0 Å². The molecule has 0 radical (unpaired) electrons. The second-order valence-corrected chi connectivity index (χ2v) is 6.13. The van der Waals surface area contributed by atoms with Gasteiger partial charge in [-0.25, -0.2) is 0 Å². The average molecular weight is 309 g/mol. The molecule has 0 saturated heterocycles. The molecule has 0 aliphatic carbocycles. The Labute approximate surface area is 124 Å². The van der Waals surface area contributed by atoms with E-state index in [1.54, 1.807) is 48.5 Å². The van der Waals surface area contributed by atoms with Crippen molar-refractivity contribution in [2.75, 3.05) is 0 Å². The van der Waals surface area contributed by atoms with Crippen LogP contribution >= 0.6 is 11.6 Å². The van der Waals surface area contributed by atoms with Crippen LogP contribution in [0.25, 0.3) is 0 Å². The normalized spacial score (nSPS) is 12.1. The van der Waals surface area contributed by atoms with Crippen molar-refractivity contribution in [1.82, 2.24) is 0 Å². The van der Waals surface area contributed by atoms with Gasteiger partial charge >= 0.3 is 5.97 Å². The minimum absolute atomic E-state index is 0.00607. The van der Waals surface area contributed by atoms with Crippen molar-refractivity contribution in [3.63, 3.8) is 0 Å². The van der Waals surface area contributed by atoms with Gasteiger partial charge in [-0.05, 0) is 23.3 Å². The van der Waals surface area contributed by atoms with Gasteiger partial charge in [-0.3, -0.25) is 9.00 Å². The summed E-state index contributed by atoms with van der Waals surface area (Å²) < 4.78 is 12.2. The number of benzene rings is 2. The molecule has 0 saturated carbocycles. The van der Waals surface area contributed by atoms with Crippen LogP contribution in [0.5, 0.6) is 0 Å². The minimum Gasteiger partial charge on any atom is -0.481 e. The number of carboxylic acids is 1. The number of hydrogen-bond donors (Lipinski definition) is 1. The van der Waals surface area contributed by atoms with E-state index < -0.39 is 16.8 Å². The summed E-state index contributed by atoms with van der Waals surface area (Å²) in [5, 5.41) is 9.19. The molecule has 0 aliphatic heterocycles. The Hall–Kier alpha value is -1.65. The summed E-state index contributed by atoms with van der Waals surface area (Å²) in [5.74, 6) is -0.505. The van der Waals surface area contributed by atoms with E-state index in [9.17, 15) is 9.00 Å². The smallest absolute Gasteiger partial charge is 0.307 e. The van der Waals surface area contributed by atoms with Crippen molar-refractivity contribution in [2.45, 2.75) is 17.1 Å². The standard InChI is InChI=1S/C15H13ClO3S/c16-13-3-1-2-4-14(13)20(19)10-12-7-5-11(6-8-12)9-15(17)18/h1-8H,9-10H2,(H,17,18). The maximum Gasteiger partial charge on any atom is 0.307 e. The lowest BCUT2D eigenvalue weighted by molar-refractivity contribution is -0.136. The number of rotatable bonds is 5. The van der Waals surface area contributed by atoms with E-state index in [2.05, 4.69) is 0 Å². The lowest BCUT2D eigenvalue weighted by Crippen LogP contribution is -2.01. The van der Waals surface area contributed by atoms with Gasteiger partial charge in [0.05, 0.1) is 32.9 Å². The molecule has 0 heterocycles. The number of hydrogen-bond acceptors (Lipinski definition) is 2. The highest BCUT2D eigenvalue weighted by Crippen LogP contribution is 2.21. The first-order valence-corrected chi connectivity index (χ1v) is 7.68. The third-order valence-corrected chi connectivity index (χ3v) is 4.64. The van der Waals surface area contributed by atoms with Crippen molar-refractivity contribution in [1.29, 1.82) is 0 Å². The molecule has 104 valence electrons. The summed E-state index contributed by atoms with van der Waals surface area (Å²) in [5.41, 5.74) is 1.61. The molecule has 0 aromatic heterocycles. The summed E-state index contributed by atoms with van der Waals surface area (Å²) >= 11 is 6.01. The van der Waals surface area contributed by atoms with Gasteiger partial charge in [-0.15, -0.1) is 0 Å². The van der Waals surface area contributed by atoms with Crippen LogP contribution in [0.15, 0.2) is 53.4 Å². The van der Waals surface area contributed by atoms with Gasteiger partial charge in [0.15, 0.2) is 0 Å². The number of carbonyl (C=O) groups is 1. The molecule has 2 rings (SSSR count). The van der Waals surface area contributed by atoms with E-state index in [4.69, 9.17) is 16.7 Å². The third-order valence-electron chi connectivity index (χ3n) is 2.76. The van der Waals surface area contributed by atoms with Crippen LogP contribution in [0.2, 0.25) is 5.02 Å². The third kappa shape index (κ3) is 3.92. The fourth-order valence-corrected chi connectivity index (χ4v) is 3.35. The van der Waals surface area contributed by atoms with Gasteiger partial charge in [0.2, 0.25) is 0 Å². The van der Waals surface area contributed by atoms with Crippen molar-refractivity contribution < 1.29 is 14.1 Å². The lowest BCUT2D eigenvalue weighted by atomic mass is 10.1. The maximum absolute atomic E-state index is 12.2. The fourth-order valence-electron chi connectivity index (χ4n) is 1.79. The van der Waals surface area contributed by atoms with Crippen LogP contribution in [-0.4, -0.2) is 15.3 Å². The molecular formula is C15H13ClO3S. The fraction of sp³-hybridized carbons (Fsp3) is 0.133. The van der Waals surface area contributed by atoms with Crippen LogP contribution in [0.3, 0.4) is 0 Å². The molecule has 0 spiro atoms. The van der Waals surface area contributed by atoms with Crippen molar-refractivity contribution in [3.8, 4) is 0 Å². The van der Waals surface area contributed by atoms with Crippen molar-refractivity contribution in [3.05, 3.63) is 64.7 Å². The molecule has 0 bridgehead atoms. The quantitative estimate of drug-likeness (QED) is 0.922. The first-order valence-electron chi connectivity index (χ1n) is 5.99. The molecule has 0 fully saturated rings. The van der Waals surface area contributed by atoms with Gasteiger partial charge in [-0.1, -0.05) is 48.0 Å². The predicted molar refractivity (Wildman–Crippen MR) is 79.3 cm³/mol. The SMILES string of the molecule is O=C(O)Cc1ccc(CS(=O)c2ccccc2Cl)cc1. The Morgan fingerprint density at radius 1 is 1.05 bits per heavy atom. The monoisotopic (exact) mass is 308 g/mol. The molecule has 2 aromatic rings. The van der Waals surface area contributed by atoms with Crippen LogP contribution in [-0.2, 0) is 27.8 Å². The van der Waals surface area contributed by atoms with E-state index in [0.717, 1.165) is 11.1 Å². The van der Waals surface area contributed by atoms with Crippen LogP contribution < -0.4 is 0 Å². The highest BCUT2D eigenvalue weighted by Gasteiger charge is 2.09. The molecular weight excluding hydrogens is 296 g/mol.